The summed E-state index contributed by atoms with van der Waals surface area (Å²) in [4.78, 5) is 24.6. The van der Waals surface area contributed by atoms with E-state index in [9.17, 15) is 9.59 Å². The molecule has 0 fully saturated rings. The summed E-state index contributed by atoms with van der Waals surface area (Å²) in [5.41, 5.74) is 5.45. The molecule has 0 rings (SSSR count). The minimum Gasteiger partial charge on any atom is -0.468 e. The molecule has 2 N–H and O–H groups in total. The maximum absolute atomic E-state index is 11.9. The lowest BCUT2D eigenvalue weighted by molar-refractivity contribution is -0.148. The molecule has 0 atom stereocenters. The fraction of sp³-hybridized carbons (Fsp3) is 0.833. The molecule has 0 radical (unpaired) electrons. The molecule has 0 unspecified atom stereocenters. The van der Waals surface area contributed by atoms with Crippen LogP contribution in [0, 0.1) is 0 Å². The van der Waals surface area contributed by atoms with Crippen LogP contribution in [0.2, 0.25) is 0 Å². The molecular formula is C12H24N2O3. The Labute approximate surface area is 103 Å². The van der Waals surface area contributed by atoms with E-state index in [0.29, 0.717) is 12.8 Å². The van der Waals surface area contributed by atoms with Crippen molar-refractivity contribution in [1.82, 2.24) is 4.90 Å². The first-order valence-corrected chi connectivity index (χ1v) is 5.82. The SMILES string of the molecule is COC(=O)CN(C(=O)CCC(C)(C)N)C(C)C. The number of carbonyl (C=O) groups excluding carboxylic acids is 2. The predicted octanol–water partition coefficient (Wildman–Crippen LogP) is 0.914. The largest absolute Gasteiger partial charge is 0.468 e. The fourth-order valence-corrected chi connectivity index (χ4v) is 1.34. The molecule has 17 heavy (non-hydrogen) atoms. The fourth-order valence-electron chi connectivity index (χ4n) is 1.34. The van der Waals surface area contributed by atoms with Gasteiger partial charge in [-0.05, 0) is 34.1 Å². The van der Waals surface area contributed by atoms with E-state index < -0.39 is 5.97 Å². The third kappa shape index (κ3) is 6.94. The van der Waals surface area contributed by atoms with Gasteiger partial charge in [0.15, 0.2) is 0 Å². The summed E-state index contributed by atoms with van der Waals surface area (Å²) >= 11 is 0. The van der Waals surface area contributed by atoms with Gasteiger partial charge in [0.1, 0.15) is 6.54 Å². The monoisotopic (exact) mass is 244 g/mol. The number of esters is 1. The van der Waals surface area contributed by atoms with E-state index in [1.807, 2.05) is 27.7 Å². The highest BCUT2D eigenvalue weighted by molar-refractivity contribution is 5.82. The van der Waals surface area contributed by atoms with Crippen LogP contribution in [0.4, 0.5) is 0 Å². The molecule has 0 spiro atoms. The number of rotatable bonds is 6. The van der Waals surface area contributed by atoms with Crippen LogP contribution in [0.3, 0.4) is 0 Å². The van der Waals surface area contributed by atoms with E-state index in [0.717, 1.165) is 0 Å². The van der Waals surface area contributed by atoms with Gasteiger partial charge in [0, 0.05) is 18.0 Å². The van der Waals surface area contributed by atoms with Gasteiger partial charge in [-0.3, -0.25) is 9.59 Å². The Balaban J connectivity index is 4.40. The molecular weight excluding hydrogens is 220 g/mol. The van der Waals surface area contributed by atoms with E-state index in [1.165, 1.54) is 12.0 Å². The number of nitrogens with zero attached hydrogens (tertiary/aromatic N) is 1. The lowest BCUT2D eigenvalue weighted by Gasteiger charge is -2.27. The van der Waals surface area contributed by atoms with Crippen LogP contribution in [0.15, 0.2) is 0 Å². The number of ether oxygens (including phenoxy) is 1. The highest BCUT2D eigenvalue weighted by Gasteiger charge is 2.22. The molecule has 0 saturated heterocycles. The first-order chi connectivity index (χ1) is 7.67. The van der Waals surface area contributed by atoms with Crippen LogP contribution in [0.1, 0.15) is 40.5 Å². The minimum atomic E-state index is -0.404. The highest BCUT2D eigenvalue weighted by atomic mass is 16.5. The van der Waals surface area contributed by atoms with Crippen LogP contribution in [-0.4, -0.2) is 42.0 Å². The third-order valence-corrected chi connectivity index (χ3v) is 2.45. The zero-order valence-corrected chi connectivity index (χ0v) is 11.4. The Morgan fingerprint density at radius 3 is 2.24 bits per heavy atom. The molecule has 5 nitrogen and oxygen atoms in total. The summed E-state index contributed by atoms with van der Waals surface area (Å²) in [7, 11) is 1.31. The summed E-state index contributed by atoms with van der Waals surface area (Å²) in [6, 6.07) is -0.0255. The normalized spacial score (nSPS) is 11.5. The Kier molecular flexibility index (Phi) is 6.16. The molecule has 0 aromatic rings. The third-order valence-electron chi connectivity index (χ3n) is 2.45. The van der Waals surface area contributed by atoms with Crippen LogP contribution >= 0.6 is 0 Å². The first kappa shape index (κ1) is 15.9. The Bertz CT molecular complexity index is 269. The number of nitrogens with two attached hydrogens (primary N) is 1. The van der Waals surface area contributed by atoms with Gasteiger partial charge < -0.3 is 15.4 Å². The second kappa shape index (κ2) is 6.59. The summed E-state index contributed by atoms with van der Waals surface area (Å²) in [5.74, 6) is -0.469. The lowest BCUT2D eigenvalue weighted by atomic mass is 9.99. The summed E-state index contributed by atoms with van der Waals surface area (Å²) in [5, 5.41) is 0. The lowest BCUT2D eigenvalue weighted by Crippen LogP contribution is -2.42. The van der Waals surface area contributed by atoms with E-state index in [4.69, 9.17) is 5.73 Å². The average molecular weight is 244 g/mol. The summed E-state index contributed by atoms with van der Waals surface area (Å²) in [6.45, 7) is 7.49. The summed E-state index contributed by atoms with van der Waals surface area (Å²) < 4.78 is 4.57. The van der Waals surface area contributed by atoms with Gasteiger partial charge in [0.25, 0.3) is 0 Å². The molecule has 0 aliphatic rings. The van der Waals surface area contributed by atoms with Gasteiger partial charge in [-0.25, -0.2) is 0 Å². The van der Waals surface area contributed by atoms with Gasteiger partial charge in [-0.15, -0.1) is 0 Å². The maximum Gasteiger partial charge on any atom is 0.325 e. The minimum absolute atomic E-state index is 0.00198. The van der Waals surface area contributed by atoms with E-state index in [-0.39, 0.29) is 24.0 Å². The van der Waals surface area contributed by atoms with Gasteiger partial charge >= 0.3 is 5.97 Å². The molecule has 1 amide bonds. The van der Waals surface area contributed by atoms with Crippen molar-refractivity contribution in [2.24, 2.45) is 5.73 Å². The van der Waals surface area contributed by atoms with Crippen LogP contribution in [-0.2, 0) is 14.3 Å². The number of hydrogen-bond acceptors (Lipinski definition) is 4. The number of amides is 1. The van der Waals surface area contributed by atoms with Gasteiger partial charge in [0.2, 0.25) is 5.91 Å². The van der Waals surface area contributed by atoms with Crippen molar-refractivity contribution in [3.05, 3.63) is 0 Å². The van der Waals surface area contributed by atoms with Crippen LogP contribution < -0.4 is 5.73 Å². The smallest absolute Gasteiger partial charge is 0.325 e. The molecule has 0 aliphatic carbocycles. The van der Waals surface area contributed by atoms with Gasteiger partial charge in [-0.2, -0.15) is 0 Å². The van der Waals surface area contributed by atoms with Crippen molar-refractivity contribution < 1.29 is 14.3 Å². The second-order valence-corrected chi connectivity index (χ2v) is 5.18. The number of hydrogen-bond donors (Lipinski definition) is 1. The molecule has 0 bridgehead atoms. The Morgan fingerprint density at radius 2 is 1.88 bits per heavy atom. The quantitative estimate of drug-likeness (QED) is 0.705. The average Bonchev–Trinajstić information content (AvgIpc) is 2.20. The van der Waals surface area contributed by atoms with Crippen molar-refractivity contribution in [1.29, 1.82) is 0 Å². The first-order valence-electron chi connectivity index (χ1n) is 5.82. The Morgan fingerprint density at radius 1 is 1.35 bits per heavy atom. The van der Waals surface area contributed by atoms with Gasteiger partial charge in [0.05, 0.1) is 7.11 Å². The standard InChI is InChI=1S/C12H24N2O3/c1-9(2)14(8-11(16)17-5)10(15)6-7-12(3,4)13/h9H,6-8,13H2,1-5H3. The molecule has 0 saturated carbocycles. The summed E-state index contributed by atoms with van der Waals surface area (Å²) in [6.07, 6.45) is 0.939. The van der Waals surface area contributed by atoms with E-state index in [1.54, 1.807) is 0 Å². The second-order valence-electron chi connectivity index (χ2n) is 5.18. The van der Waals surface area contributed by atoms with Crippen molar-refractivity contribution in [2.75, 3.05) is 13.7 Å². The molecule has 0 heterocycles. The van der Waals surface area contributed by atoms with Crippen molar-refractivity contribution in [2.45, 2.75) is 52.1 Å². The zero-order valence-electron chi connectivity index (χ0n) is 11.4. The van der Waals surface area contributed by atoms with Crippen molar-refractivity contribution in [3.63, 3.8) is 0 Å². The Hall–Kier alpha value is -1.10. The van der Waals surface area contributed by atoms with Crippen LogP contribution in [0.25, 0.3) is 0 Å². The topological polar surface area (TPSA) is 72.6 Å². The number of methoxy groups -OCH3 is 1. The van der Waals surface area contributed by atoms with Gasteiger partial charge in [-0.1, -0.05) is 0 Å². The molecule has 0 aromatic carbocycles. The molecule has 5 heteroatoms. The molecule has 100 valence electrons. The van der Waals surface area contributed by atoms with Crippen molar-refractivity contribution in [3.8, 4) is 0 Å². The maximum atomic E-state index is 11.9. The van der Waals surface area contributed by atoms with E-state index >= 15 is 0 Å². The predicted molar refractivity (Wildman–Crippen MR) is 66.4 cm³/mol. The zero-order chi connectivity index (χ0) is 13.6. The van der Waals surface area contributed by atoms with Crippen molar-refractivity contribution >= 4 is 11.9 Å². The van der Waals surface area contributed by atoms with Crippen LogP contribution in [0.5, 0.6) is 0 Å². The number of carbonyl (C=O) groups is 2. The molecule has 0 aromatic heterocycles. The molecule has 0 aliphatic heterocycles. The van der Waals surface area contributed by atoms with E-state index in [2.05, 4.69) is 4.74 Å². The highest BCUT2D eigenvalue weighted by Crippen LogP contribution is 2.11.